The van der Waals surface area contributed by atoms with Gasteiger partial charge in [-0.1, -0.05) is 6.08 Å². The van der Waals surface area contributed by atoms with Crippen molar-refractivity contribution in [2.45, 2.75) is 6.17 Å². The lowest BCUT2D eigenvalue weighted by atomic mass is 10.0. The predicted molar refractivity (Wildman–Crippen MR) is 38.7 cm³/mol. The summed E-state index contributed by atoms with van der Waals surface area (Å²) in [5, 5.41) is 0. The third-order valence-electron chi connectivity index (χ3n) is 1.59. The molecule has 0 aromatic heterocycles. The predicted octanol–water partition coefficient (Wildman–Crippen LogP) is 1.79. The molecule has 0 unspecified atom stereocenters. The summed E-state index contributed by atoms with van der Waals surface area (Å²) in [6.07, 6.45) is 7.40. The van der Waals surface area contributed by atoms with E-state index in [0.29, 0.717) is 5.57 Å². The summed E-state index contributed by atoms with van der Waals surface area (Å²) in [6.45, 7) is 0. The zero-order chi connectivity index (χ0) is 6.97. The van der Waals surface area contributed by atoms with Gasteiger partial charge in [0.05, 0.1) is 5.70 Å². The van der Waals surface area contributed by atoms with Crippen LogP contribution in [0.2, 0.25) is 0 Å². The van der Waals surface area contributed by atoms with E-state index in [1.807, 2.05) is 6.08 Å². The maximum atomic E-state index is 12.9. The first kappa shape index (κ1) is 5.59. The second-order valence-corrected chi connectivity index (χ2v) is 2.24. The van der Waals surface area contributed by atoms with E-state index in [2.05, 4.69) is 4.99 Å². The molecule has 2 rings (SSSR count). The minimum atomic E-state index is -0.956. The van der Waals surface area contributed by atoms with E-state index >= 15 is 0 Å². The zero-order valence-electron chi connectivity index (χ0n) is 5.29. The molecule has 2 aliphatic rings. The number of rotatable bonds is 0. The van der Waals surface area contributed by atoms with Gasteiger partial charge in [0, 0.05) is 11.8 Å². The number of hydrogen-bond donors (Lipinski definition) is 0. The van der Waals surface area contributed by atoms with Crippen molar-refractivity contribution >= 4 is 6.21 Å². The van der Waals surface area contributed by atoms with Crippen molar-refractivity contribution in [2.24, 2.45) is 4.99 Å². The first-order valence-corrected chi connectivity index (χ1v) is 3.15. The van der Waals surface area contributed by atoms with Crippen molar-refractivity contribution in [3.8, 4) is 0 Å². The highest BCUT2D eigenvalue weighted by atomic mass is 19.1. The van der Waals surface area contributed by atoms with Gasteiger partial charge < -0.3 is 0 Å². The third-order valence-corrected chi connectivity index (χ3v) is 1.59. The molecule has 1 atom stereocenters. The molecule has 1 heterocycles. The Kier molecular flexibility index (Phi) is 1.07. The molecule has 1 aliphatic carbocycles. The lowest BCUT2D eigenvalue weighted by Crippen LogP contribution is -2.03. The van der Waals surface area contributed by atoms with Crippen molar-refractivity contribution < 1.29 is 4.39 Å². The fourth-order valence-electron chi connectivity index (χ4n) is 1.08. The van der Waals surface area contributed by atoms with Crippen LogP contribution in [0.25, 0.3) is 0 Å². The van der Waals surface area contributed by atoms with Crippen LogP contribution in [-0.2, 0) is 0 Å². The molecule has 0 aromatic carbocycles. The van der Waals surface area contributed by atoms with Crippen molar-refractivity contribution in [3.05, 3.63) is 35.6 Å². The number of nitrogens with zero attached hydrogens (tertiary/aromatic N) is 1. The van der Waals surface area contributed by atoms with Crippen molar-refractivity contribution in [1.82, 2.24) is 0 Å². The molecule has 0 radical (unpaired) electrons. The molecule has 0 N–H and O–H groups in total. The Bertz CT molecular complexity index is 271. The molecule has 0 amide bonds. The van der Waals surface area contributed by atoms with E-state index in [4.69, 9.17) is 0 Å². The molecule has 10 heavy (non-hydrogen) atoms. The van der Waals surface area contributed by atoms with E-state index in [1.165, 1.54) is 6.08 Å². The van der Waals surface area contributed by atoms with Crippen LogP contribution >= 0.6 is 0 Å². The summed E-state index contributed by atoms with van der Waals surface area (Å²) >= 11 is 0. The van der Waals surface area contributed by atoms with E-state index in [-0.39, 0.29) is 0 Å². The van der Waals surface area contributed by atoms with E-state index in [0.717, 1.165) is 5.70 Å². The van der Waals surface area contributed by atoms with Gasteiger partial charge in [-0.25, -0.2) is 4.39 Å². The third kappa shape index (κ3) is 0.652. The van der Waals surface area contributed by atoms with E-state index < -0.39 is 6.17 Å². The van der Waals surface area contributed by atoms with Crippen LogP contribution in [0.3, 0.4) is 0 Å². The van der Waals surface area contributed by atoms with Crippen molar-refractivity contribution in [3.63, 3.8) is 0 Å². The highest BCUT2D eigenvalue weighted by molar-refractivity contribution is 5.80. The van der Waals surface area contributed by atoms with Crippen LogP contribution in [0.5, 0.6) is 0 Å². The monoisotopic (exact) mass is 135 g/mol. The van der Waals surface area contributed by atoms with Gasteiger partial charge in [-0.15, -0.1) is 0 Å². The molecule has 0 saturated heterocycles. The summed E-state index contributed by atoms with van der Waals surface area (Å²) in [5.41, 5.74) is 1.44. The van der Waals surface area contributed by atoms with Crippen LogP contribution in [0.1, 0.15) is 0 Å². The number of aliphatic imine (C=N–C) groups is 1. The molecular formula is C8H6FN. The largest absolute Gasteiger partial charge is 0.256 e. The lowest BCUT2D eigenvalue weighted by molar-refractivity contribution is 0.452. The van der Waals surface area contributed by atoms with Gasteiger partial charge in [0.25, 0.3) is 0 Å². The van der Waals surface area contributed by atoms with Gasteiger partial charge >= 0.3 is 0 Å². The summed E-state index contributed by atoms with van der Waals surface area (Å²) < 4.78 is 12.9. The zero-order valence-corrected chi connectivity index (χ0v) is 5.29. The standard InChI is InChI=1S/C8H6FN/c9-7-2-1-3-8-6(7)4-5-10-8/h1-5,7H/t7-/m0/s1. The lowest BCUT2D eigenvalue weighted by Gasteiger charge is -2.08. The Morgan fingerprint density at radius 1 is 1.40 bits per heavy atom. The molecule has 0 bridgehead atoms. The van der Waals surface area contributed by atoms with Crippen LogP contribution in [0, 0.1) is 0 Å². The number of hydrogen-bond acceptors (Lipinski definition) is 1. The minimum Gasteiger partial charge on any atom is -0.256 e. The van der Waals surface area contributed by atoms with Crippen LogP contribution < -0.4 is 0 Å². The van der Waals surface area contributed by atoms with Gasteiger partial charge in [0.1, 0.15) is 6.17 Å². The minimum absolute atomic E-state index is 0.683. The molecule has 0 fully saturated rings. The maximum absolute atomic E-state index is 12.9. The topological polar surface area (TPSA) is 12.4 Å². The molecule has 2 heteroatoms. The maximum Gasteiger partial charge on any atom is 0.146 e. The van der Waals surface area contributed by atoms with Gasteiger partial charge in [0.15, 0.2) is 0 Å². The second kappa shape index (κ2) is 1.90. The fraction of sp³-hybridized carbons (Fsp3) is 0.125. The molecule has 1 nitrogen and oxygen atoms in total. The van der Waals surface area contributed by atoms with Gasteiger partial charge in [-0.3, -0.25) is 4.99 Å². The average molecular weight is 135 g/mol. The Labute approximate surface area is 58.3 Å². The normalized spacial score (nSPS) is 27.9. The molecule has 0 spiro atoms. The molecular weight excluding hydrogens is 129 g/mol. The van der Waals surface area contributed by atoms with Gasteiger partial charge in [0.2, 0.25) is 0 Å². The molecule has 0 aromatic rings. The SMILES string of the molecule is F[C@H]1C=CC=C2N=CC=C21. The van der Waals surface area contributed by atoms with Gasteiger partial charge in [-0.05, 0) is 18.2 Å². The number of fused-ring (bicyclic) bond motifs is 1. The Balaban J connectivity index is 2.45. The Morgan fingerprint density at radius 2 is 2.30 bits per heavy atom. The van der Waals surface area contributed by atoms with Crippen molar-refractivity contribution in [1.29, 1.82) is 0 Å². The fourth-order valence-corrected chi connectivity index (χ4v) is 1.08. The second-order valence-electron chi connectivity index (χ2n) is 2.24. The highest BCUT2D eigenvalue weighted by Gasteiger charge is 2.18. The Hall–Kier alpha value is -1.18. The van der Waals surface area contributed by atoms with E-state index in [9.17, 15) is 4.39 Å². The van der Waals surface area contributed by atoms with Crippen LogP contribution in [-0.4, -0.2) is 12.4 Å². The quantitative estimate of drug-likeness (QED) is 0.480. The Morgan fingerprint density at radius 3 is 3.10 bits per heavy atom. The van der Waals surface area contributed by atoms with Crippen molar-refractivity contribution in [2.75, 3.05) is 0 Å². The smallest absolute Gasteiger partial charge is 0.146 e. The molecule has 50 valence electrons. The van der Waals surface area contributed by atoms with Crippen LogP contribution in [0.15, 0.2) is 40.6 Å². The number of allylic oxidation sites excluding steroid dienone is 5. The number of halogens is 1. The average Bonchev–Trinajstić information content (AvgIpc) is 2.36. The van der Waals surface area contributed by atoms with Gasteiger partial charge in [-0.2, -0.15) is 0 Å². The first-order chi connectivity index (χ1) is 4.88. The first-order valence-electron chi connectivity index (χ1n) is 3.15. The van der Waals surface area contributed by atoms with Crippen LogP contribution in [0.4, 0.5) is 4.39 Å². The summed E-state index contributed by atoms with van der Waals surface area (Å²) in [7, 11) is 0. The number of alkyl halides is 1. The summed E-state index contributed by atoms with van der Waals surface area (Å²) in [4.78, 5) is 3.96. The summed E-state index contributed by atoms with van der Waals surface area (Å²) in [6, 6.07) is 0. The highest BCUT2D eigenvalue weighted by Crippen LogP contribution is 2.25. The molecule has 1 aliphatic heterocycles. The molecule has 0 saturated carbocycles. The van der Waals surface area contributed by atoms with E-state index in [1.54, 1.807) is 18.4 Å². The summed E-state index contributed by atoms with van der Waals surface area (Å²) in [5.74, 6) is 0.